The first-order valence-corrected chi connectivity index (χ1v) is 7.68. The number of H-pyrrole nitrogens is 1. The van der Waals surface area contributed by atoms with Crippen molar-refractivity contribution >= 4 is 45.7 Å². The predicted molar refractivity (Wildman–Crippen MR) is 85.7 cm³/mol. The first kappa shape index (κ1) is 13.3. The van der Waals surface area contributed by atoms with Gasteiger partial charge in [-0.3, -0.25) is 5.10 Å². The van der Waals surface area contributed by atoms with Crippen molar-refractivity contribution in [2.24, 2.45) is 5.10 Å². The molecule has 0 atom stereocenters. The lowest BCUT2D eigenvalue weighted by molar-refractivity contribution is 0.862. The Morgan fingerprint density at radius 1 is 1.45 bits per heavy atom. The minimum absolute atomic E-state index is 0.448. The number of thiazole rings is 1. The quantitative estimate of drug-likeness (QED) is 0.568. The molecule has 0 saturated heterocycles. The van der Waals surface area contributed by atoms with Crippen molar-refractivity contribution in [3.63, 3.8) is 0 Å². The molecule has 3 aromatic rings. The van der Waals surface area contributed by atoms with E-state index in [0.29, 0.717) is 4.77 Å². The highest BCUT2D eigenvalue weighted by Crippen LogP contribution is 2.25. The van der Waals surface area contributed by atoms with Gasteiger partial charge in [0.25, 0.3) is 0 Å². The third kappa shape index (κ3) is 2.92. The lowest BCUT2D eigenvalue weighted by atomic mass is 10.2. The van der Waals surface area contributed by atoms with Crippen LogP contribution in [0.1, 0.15) is 5.69 Å². The molecule has 3 rings (SSSR count). The van der Waals surface area contributed by atoms with Crippen LogP contribution >= 0.6 is 39.5 Å². The number of halogens is 1. The number of nitrogens with zero attached hydrogens (tertiary/aromatic N) is 4. The first-order valence-electron chi connectivity index (χ1n) is 5.60. The Hall–Kier alpha value is -1.64. The fourth-order valence-corrected chi connectivity index (χ4v) is 2.86. The second-order valence-electron chi connectivity index (χ2n) is 3.84. The van der Waals surface area contributed by atoms with E-state index in [1.165, 1.54) is 11.0 Å². The Morgan fingerprint density at radius 2 is 2.35 bits per heavy atom. The maximum absolute atomic E-state index is 5.00. The van der Waals surface area contributed by atoms with Crippen molar-refractivity contribution in [2.75, 3.05) is 0 Å². The van der Waals surface area contributed by atoms with E-state index in [9.17, 15) is 0 Å². The van der Waals surface area contributed by atoms with Gasteiger partial charge in [-0.05, 0) is 24.4 Å². The number of aromatic nitrogens is 4. The van der Waals surface area contributed by atoms with Crippen LogP contribution in [0.5, 0.6) is 0 Å². The highest BCUT2D eigenvalue weighted by Gasteiger charge is 2.03. The molecule has 0 aliphatic carbocycles. The summed E-state index contributed by atoms with van der Waals surface area (Å²) in [7, 11) is 0. The summed E-state index contributed by atoms with van der Waals surface area (Å²) in [6.45, 7) is 0. The van der Waals surface area contributed by atoms with E-state index in [1.54, 1.807) is 17.6 Å². The Balaban J connectivity index is 1.86. The summed E-state index contributed by atoms with van der Waals surface area (Å²) < 4.78 is 2.96. The van der Waals surface area contributed by atoms with Gasteiger partial charge in [0.05, 0.1) is 11.9 Å². The van der Waals surface area contributed by atoms with E-state index in [-0.39, 0.29) is 0 Å². The highest BCUT2D eigenvalue weighted by molar-refractivity contribution is 9.10. The van der Waals surface area contributed by atoms with E-state index in [0.717, 1.165) is 20.7 Å². The molecule has 1 N–H and O–H groups in total. The van der Waals surface area contributed by atoms with Crippen LogP contribution in [0.4, 0.5) is 0 Å². The second kappa shape index (κ2) is 5.78. The monoisotopic (exact) mass is 365 g/mol. The lowest BCUT2D eigenvalue weighted by Gasteiger charge is -1.95. The van der Waals surface area contributed by atoms with Crippen molar-refractivity contribution in [1.82, 2.24) is 19.9 Å². The summed E-state index contributed by atoms with van der Waals surface area (Å²) >= 11 is 10.0. The second-order valence-corrected chi connectivity index (χ2v) is 6.00. The maximum atomic E-state index is 5.00. The summed E-state index contributed by atoms with van der Waals surface area (Å²) in [5.74, 6) is 0. The average molecular weight is 366 g/mol. The van der Waals surface area contributed by atoms with Crippen LogP contribution in [-0.4, -0.2) is 26.1 Å². The Kier molecular flexibility index (Phi) is 3.86. The number of benzene rings is 1. The van der Waals surface area contributed by atoms with E-state index < -0.39 is 0 Å². The zero-order valence-corrected chi connectivity index (χ0v) is 13.2. The molecule has 1 aromatic carbocycles. The molecular formula is C12H8BrN5S2. The van der Waals surface area contributed by atoms with Crippen LogP contribution in [0.25, 0.3) is 10.6 Å². The number of aromatic amines is 1. The molecule has 2 aromatic heterocycles. The molecule has 5 nitrogen and oxygen atoms in total. The van der Waals surface area contributed by atoms with Crippen LogP contribution in [-0.2, 0) is 0 Å². The zero-order chi connectivity index (χ0) is 13.9. The smallest absolute Gasteiger partial charge is 0.216 e. The molecule has 8 heteroatoms. The van der Waals surface area contributed by atoms with Gasteiger partial charge in [0.1, 0.15) is 11.3 Å². The number of nitrogens with one attached hydrogen (secondary N) is 1. The van der Waals surface area contributed by atoms with Crippen LogP contribution < -0.4 is 0 Å². The van der Waals surface area contributed by atoms with Gasteiger partial charge in [0, 0.05) is 15.4 Å². The summed E-state index contributed by atoms with van der Waals surface area (Å²) in [6, 6.07) is 8.03. The third-order valence-electron chi connectivity index (χ3n) is 2.44. The molecule has 20 heavy (non-hydrogen) atoms. The molecule has 0 saturated carbocycles. The Bertz CT molecular complexity index is 817. The summed E-state index contributed by atoms with van der Waals surface area (Å²) in [4.78, 5) is 4.52. The third-order valence-corrected chi connectivity index (χ3v) is 4.12. The fraction of sp³-hybridized carbons (Fsp3) is 0. The molecule has 0 unspecified atom stereocenters. The highest BCUT2D eigenvalue weighted by atomic mass is 79.9. The Labute approximate surface area is 132 Å². The summed E-state index contributed by atoms with van der Waals surface area (Å²) in [6.07, 6.45) is 3.17. The summed E-state index contributed by atoms with van der Waals surface area (Å²) in [5, 5.41) is 13.5. The van der Waals surface area contributed by atoms with Gasteiger partial charge in [-0.15, -0.1) is 11.3 Å². The average Bonchev–Trinajstić information content (AvgIpc) is 3.05. The molecule has 0 aliphatic heterocycles. The van der Waals surface area contributed by atoms with Gasteiger partial charge in [-0.1, -0.05) is 28.1 Å². The van der Waals surface area contributed by atoms with Crippen molar-refractivity contribution in [1.29, 1.82) is 0 Å². The van der Waals surface area contributed by atoms with E-state index in [1.807, 2.05) is 29.6 Å². The minimum atomic E-state index is 0.448. The topological polar surface area (TPSA) is 58.9 Å². The van der Waals surface area contributed by atoms with Crippen LogP contribution in [0, 0.1) is 4.77 Å². The van der Waals surface area contributed by atoms with Gasteiger partial charge in [0.15, 0.2) is 0 Å². The molecule has 0 spiro atoms. The van der Waals surface area contributed by atoms with Crippen molar-refractivity contribution < 1.29 is 0 Å². The van der Waals surface area contributed by atoms with Crippen molar-refractivity contribution in [2.45, 2.75) is 0 Å². The lowest BCUT2D eigenvalue weighted by Crippen LogP contribution is -1.89. The van der Waals surface area contributed by atoms with Crippen LogP contribution in [0.3, 0.4) is 0 Å². The van der Waals surface area contributed by atoms with Crippen LogP contribution in [0.15, 0.2) is 45.5 Å². The molecule has 0 aliphatic rings. The van der Waals surface area contributed by atoms with Gasteiger partial charge >= 0.3 is 0 Å². The SMILES string of the molecule is S=c1[nH]ncn1/N=C\c1csc(-c2cccc(Br)c2)n1. The molecule has 0 bridgehead atoms. The van der Waals surface area contributed by atoms with Crippen molar-refractivity contribution in [3.8, 4) is 10.6 Å². The van der Waals surface area contributed by atoms with E-state index >= 15 is 0 Å². The first-order chi connectivity index (χ1) is 9.72. The Morgan fingerprint density at radius 3 is 3.10 bits per heavy atom. The van der Waals surface area contributed by atoms with Gasteiger partial charge < -0.3 is 0 Å². The van der Waals surface area contributed by atoms with Gasteiger partial charge in [-0.25, -0.2) is 4.98 Å². The zero-order valence-electron chi connectivity index (χ0n) is 10.0. The van der Waals surface area contributed by atoms with Crippen LogP contribution in [0.2, 0.25) is 0 Å². The molecule has 0 amide bonds. The molecular weight excluding hydrogens is 358 g/mol. The van der Waals surface area contributed by atoms with E-state index in [2.05, 4.69) is 36.2 Å². The predicted octanol–water partition coefficient (Wildman–Crippen LogP) is 3.71. The number of rotatable bonds is 3. The maximum Gasteiger partial charge on any atom is 0.216 e. The molecule has 100 valence electrons. The minimum Gasteiger partial charge on any atom is -0.250 e. The fourth-order valence-electron chi connectivity index (χ4n) is 1.55. The molecule has 0 radical (unpaired) electrons. The van der Waals surface area contributed by atoms with Crippen molar-refractivity contribution in [3.05, 3.63) is 50.9 Å². The standard InChI is InChI=1S/C12H8BrN5S2/c13-9-3-1-2-8(4-9)11-16-10(6-20-11)5-15-18-7-14-17-12(18)19/h1-7H,(H,17,19)/b15-5-. The number of hydrogen-bond donors (Lipinski definition) is 1. The normalized spacial score (nSPS) is 11.2. The van der Waals surface area contributed by atoms with Gasteiger partial charge in [-0.2, -0.15) is 14.9 Å². The molecule has 0 fully saturated rings. The molecule has 2 heterocycles. The largest absolute Gasteiger partial charge is 0.250 e. The summed E-state index contributed by atoms with van der Waals surface area (Å²) in [5.41, 5.74) is 1.86. The van der Waals surface area contributed by atoms with E-state index in [4.69, 9.17) is 12.2 Å². The number of hydrogen-bond acceptors (Lipinski definition) is 5. The van der Waals surface area contributed by atoms with Gasteiger partial charge in [0.2, 0.25) is 4.77 Å².